The minimum absolute atomic E-state index is 0.205. The average Bonchev–Trinajstić information content (AvgIpc) is 3.17. The lowest BCUT2D eigenvalue weighted by atomic mass is 10.1. The summed E-state index contributed by atoms with van der Waals surface area (Å²) in [5.74, 6) is 2.79. The topological polar surface area (TPSA) is 69.4 Å². The molecule has 1 atom stereocenters. The number of rotatable bonds is 5. The molecule has 1 aromatic heterocycles. The van der Waals surface area contributed by atoms with Crippen LogP contribution in [0.1, 0.15) is 36.2 Å². The molecule has 6 nitrogen and oxygen atoms in total. The Bertz CT molecular complexity index is 606. The molecule has 0 spiro atoms. The fourth-order valence-corrected chi connectivity index (χ4v) is 2.55. The lowest BCUT2D eigenvalue weighted by molar-refractivity contribution is 0.341. The molecular weight excluding hydrogens is 270 g/mol. The molecule has 2 aromatic rings. The van der Waals surface area contributed by atoms with Crippen LogP contribution in [0.5, 0.6) is 11.5 Å². The summed E-state index contributed by atoms with van der Waals surface area (Å²) in [5, 5.41) is 7.41. The molecule has 1 N–H and O–H groups in total. The summed E-state index contributed by atoms with van der Waals surface area (Å²) in [6.07, 6.45) is 2.81. The first-order chi connectivity index (χ1) is 10.3. The molecule has 1 aliphatic heterocycles. The Morgan fingerprint density at radius 1 is 1.29 bits per heavy atom. The molecule has 1 aliphatic rings. The van der Waals surface area contributed by atoms with E-state index in [9.17, 15) is 0 Å². The SMILES string of the molecule is COc1ccc(Cc2noc([C@H]3CCCN3)n2)cc1OC. The van der Waals surface area contributed by atoms with Gasteiger partial charge in [0.05, 0.1) is 20.3 Å². The van der Waals surface area contributed by atoms with Gasteiger partial charge in [0, 0.05) is 6.42 Å². The Labute approximate surface area is 123 Å². The van der Waals surface area contributed by atoms with Crippen molar-refractivity contribution in [2.24, 2.45) is 0 Å². The van der Waals surface area contributed by atoms with Gasteiger partial charge in [-0.05, 0) is 37.1 Å². The van der Waals surface area contributed by atoms with Gasteiger partial charge in [-0.1, -0.05) is 11.2 Å². The fourth-order valence-electron chi connectivity index (χ4n) is 2.55. The number of methoxy groups -OCH3 is 2. The first kappa shape index (κ1) is 13.9. The van der Waals surface area contributed by atoms with Gasteiger partial charge in [-0.15, -0.1) is 0 Å². The van der Waals surface area contributed by atoms with Gasteiger partial charge in [-0.25, -0.2) is 0 Å². The van der Waals surface area contributed by atoms with Gasteiger partial charge >= 0.3 is 0 Å². The molecule has 2 heterocycles. The highest BCUT2D eigenvalue weighted by atomic mass is 16.5. The second kappa shape index (κ2) is 6.13. The van der Waals surface area contributed by atoms with Crippen molar-refractivity contribution in [3.05, 3.63) is 35.5 Å². The van der Waals surface area contributed by atoms with Gasteiger partial charge in [0.15, 0.2) is 17.3 Å². The molecule has 1 saturated heterocycles. The van der Waals surface area contributed by atoms with Crippen LogP contribution in [0.2, 0.25) is 0 Å². The van der Waals surface area contributed by atoms with Gasteiger partial charge < -0.3 is 19.3 Å². The predicted octanol–water partition coefficient (Wildman–Crippen LogP) is 2.10. The van der Waals surface area contributed by atoms with Crippen molar-refractivity contribution in [2.75, 3.05) is 20.8 Å². The van der Waals surface area contributed by atoms with Crippen molar-refractivity contribution in [1.29, 1.82) is 0 Å². The summed E-state index contributed by atoms with van der Waals surface area (Å²) in [4.78, 5) is 4.47. The monoisotopic (exact) mass is 289 g/mol. The van der Waals surface area contributed by atoms with Gasteiger partial charge in [0.2, 0.25) is 5.89 Å². The summed E-state index contributed by atoms with van der Waals surface area (Å²) in [7, 11) is 3.25. The standard InChI is InChI=1S/C15H19N3O3/c1-19-12-6-5-10(8-13(12)20-2)9-14-17-15(21-18-14)11-4-3-7-16-11/h5-6,8,11,16H,3-4,7,9H2,1-2H3/t11-/m1/s1. The second-order valence-electron chi connectivity index (χ2n) is 5.06. The highest BCUT2D eigenvalue weighted by Crippen LogP contribution is 2.28. The Morgan fingerprint density at radius 3 is 2.86 bits per heavy atom. The highest BCUT2D eigenvalue weighted by Gasteiger charge is 2.22. The first-order valence-electron chi connectivity index (χ1n) is 7.07. The van der Waals surface area contributed by atoms with Crippen molar-refractivity contribution in [3.8, 4) is 11.5 Å². The number of hydrogen-bond donors (Lipinski definition) is 1. The zero-order chi connectivity index (χ0) is 14.7. The van der Waals surface area contributed by atoms with Crippen LogP contribution in [0.4, 0.5) is 0 Å². The lowest BCUT2D eigenvalue weighted by Crippen LogP contribution is -2.13. The molecule has 0 bridgehead atoms. The molecule has 21 heavy (non-hydrogen) atoms. The van der Waals surface area contributed by atoms with Crippen LogP contribution in [-0.2, 0) is 6.42 Å². The van der Waals surface area contributed by atoms with E-state index in [4.69, 9.17) is 14.0 Å². The van der Waals surface area contributed by atoms with Crippen molar-refractivity contribution in [2.45, 2.75) is 25.3 Å². The third kappa shape index (κ3) is 3.00. The van der Waals surface area contributed by atoms with E-state index < -0.39 is 0 Å². The number of nitrogens with one attached hydrogen (secondary N) is 1. The van der Waals surface area contributed by atoms with E-state index in [0.29, 0.717) is 29.6 Å². The normalized spacial score (nSPS) is 17.9. The Kier molecular flexibility index (Phi) is 4.06. The fraction of sp³-hybridized carbons (Fsp3) is 0.467. The van der Waals surface area contributed by atoms with Crippen LogP contribution in [0, 0.1) is 0 Å². The average molecular weight is 289 g/mol. The number of nitrogens with zero attached hydrogens (tertiary/aromatic N) is 2. The minimum Gasteiger partial charge on any atom is -0.493 e. The van der Waals surface area contributed by atoms with E-state index in [-0.39, 0.29) is 6.04 Å². The number of aromatic nitrogens is 2. The zero-order valence-corrected chi connectivity index (χ0v) is 12.3. The first-order valence-corrected chi connectivity index (χ1v) is 7.07. The Morgan fingerprint density at radius 2 is 2.14 bits per heavy atom. The summed E-state index contributed by atoms with van der Waals surface area (Å²) in [5.41, 5.74) is 1.05. The molecule has 0 aliphatic carbocycles. The van der Waals surface area contributed by atoms with Gasteiger partial charge in [0.1, 0.15) is 0 Å². The molecular formula is C15H19N3O3. The van der Waals surface area contributed by atoms with E-state index in [2.05, 4.69) is 15.5 Å². The summed E-state index contributed by atoms with van der Waals surface area (Å²) in [6, 6.07) is 6.00. The molecule has 0 unspecified atom stereocenters. The van der Waals surface area contributed by atoms with Crippen molar-refractivity contribution in [1.82, 2.24) is 15.5 Å². The van der Waals surface area contributed by atoms with Crippen molar-refractivity contribution in [3.63, 3.8) is 0 Å². The van der Waals surface area contributed by atoms with Crippen molar-refractivity contribution >= 4 is 0 Å². The molecule has 1 fully saturated rings. The maximum atomic E-state index is 5.34. The van der Waals surface area contributed by atoms with Crippen LogP contribution in [-0.4, -0.2) is 30.9 Å². The van der Waals surface area contributed by atoms with Crippen LogP contribution in [0.3, 0.4) is 0 Å². The summed E-state index contributed by atoms with van der Waals surface area (Å²) >= 11 is 0. The largest absolute Gasteiger partial charge is 0.493 e. The maximum Gasteiger partial charge on any atom is 0.243 e. The van der Waals surface area contributed by atoms with Gasteiger partial charge in [-0.3, -0.25) is 0 Å². The van der Waals surface area contributed by atoms with E-state index in [0.717, 1.165) is 24.9 Å². The number of ether oxygens (including phenoxy) is 2. The summed E-state index contributed by atoms with van der Waals surface area (Å²) < 4.78 is 15.9. The second-order valence-corrected chi connectivity index (χ2v) is 5.06. The van der Waals surface area contributed by atoms with Crippen LogP contribution < -0.4 is 14.8 Å². The van der Waals surface area contributed by atoms with Crippen LogP contribution >= 0.6 is 0 Å². The molecule has 6 heteroatoms. The molecule has 0 amide bonds. The van der Waals surface area contributed by atoms with E-state index in [1.165, 1.54) is 0 Å². The molecule has 0 saturated carbocycles. The van der Waals surface area contributed by atoms with E-state index in [1.54, 1.807) is 14.2 Å². The van der Waals surface area contributed by atoms with Gasteiger partial charge in [0.25, 0.3) is 0 Å². The zero-order valence-electron chi connectivity index (χ0n) is 12.3. The predicted molar refractivity (Wildman–Crippen MR) is 76.6 cm³/mol. The molecule has 0 radical (unpaired) electrons. The minimum atomic E-state index is 0.205. The van der Waals surface area contributed by atoms with E-state index in [1.807, 2.05) is 18.2 Å². The van der Waals surface area contributed by atoms with Crippen molar-refractivity contribution < 1.29 is 14.0 Å². The smallest absolute Gasteiger partial charge is 0.243 e. The Hall–Kier alpha value is -2.08. The number of hydrogen-bond acceptors (Lipinski definition) is 6. The highest BCUT2D eigenvalue weighted by molar-refractivity contribution is 5.43. The molecule has 1 aromatic carbocycles. The summed E-state index contributed by atoms with van der Waals surface area (Å²) in [6.45, 7) is 1.01. The third-order valence-corrected chi connectivity index (χ3v) is 3.65. The maximum absolute atomic E-state index is 5.34. The lowest BCUT2D eigenvalue weighted by Gasteiger charge is -2.08. The quantitative estimate of drug-likeness (QED) is 0.909. The van der Waals surface area contributed by atoms with Crippen LogP contribution in [0.25, 0.3) is 0 Å². The third-order valence-electron chi connectivity index (χ3n) is 3.65. The molecule has 3 rings (SSSR count). The van der Waals surface area contributed by atoms with Gasteiger partial charge in [-0.2, -0.15) is 4.98 Å². The number of benzene rings is 1. The Balaban J connectivity index is 1.74. The van der Waals surface area contributed by atoms with Crippen LogP contribution in [0.15, 0.2) is 22.7 Å². The van der Waals surface area contributed by atoms with E-state index >= 15 is 0 Å². The molecule has 112 valence electrons.